The average Bonchev–Trinajstić information content (AvgIpc) is 2.51. The maximum Gasteiger partial charge on any atom is 0.225 e. The molecule has 0 spiro atoms. The first-order chi connectivity index (χ1) is 11.7. The van der Waals surface area contributed by atoms with Gasteiger partial charge in [-0.1, -0.05) is 34.6 Å². The lowest BCUT2D eigenvalue weighted by molar-refractivity contribution is -0.128. The fraction of sp³-hybridized carbons (Fsp3) is 0.895. The van der Waals surface area contributed by atoms with E-state index in [2.05, 4.69) is 46.6 Å². The Kier molecular flexibility index (Phi) is 12.5. The smallest absolute Gasteiger partial charge is 0.225 e. The SMILES string of the molecule is CCNC(=NCCNC(=O)C(C)(C)C)NC1CCN(CC(C)C)CC1.I. The standard InChI is InChI=1S/C19H39N5O.HI/c1-7-20-18(22-11-10-21-17(25)19(4,5)6)23-16-8-12-24(13-9-16)14-15(2)3;/h15-16H,7-14H2,1-6H3,(H,21,25)(H2,20,22,23);1H. The fourth-order valence-electron chi connectivity index (χ4n) is 2.89. The van der Waals surface area contributed by atoms with Crippen molar-refractivity contribution >= 4 is 35.8 Å². The minimum atomic E-state index is -0.351. The summed E-state index contributed by atoms with van der Waals surface area (Å²) in [5, 5.41) is 9.79. The van der Waals surface area contributed by atoms with E-state index < -0.39 is 0 Å². The Morgan fingerprint density at radius 1 is 1.19 bits per heavy atom. The molecule has 3 N–H and O–H groups in total. The van der Waals surface area contributed by atoms with Crippen LogP contribution in [0, 0.1) is 11.3 Å². The molecule has 0 aromatic rings. The van der Waals surface area contributed by atoms with E-state index >= 15 is 0 Å². The van der Waals surface area contributed by atoms with Crippen LogP contribution in [0.2, 0.25) is 0 Å². The first kappa shape index (κ1) is 25.4. The largest absolute Gasteiger partial charge is 0.357 e. The highest BCUT2D eigenvalue weighted by molar-refractivity contribution is 14.0. The quantitative estimate of drug-likeness (QED) is 0.226. The van der Waals surface area contributed by atoms with Gasteiger partial charge in [0.25, 0.3) is 0 Å². The molecule has 0 radical (unpaired) electrons. The number of carbonyl (C=O) groups excluding carboxylic acids is 1. The van der Waals surface area contributed by atoms with Crippen molar-refractivity contribution in [3.63, 3.8) is 0 Å². The lowest BCUT2D eigenvalue weighted by atomic mass is 9.96. The van der Waals surface area contributed by atoms with Gasteiger partial charge in [0.15, 0.2) is 5.96 Å². The maximum absolute atomic E-state index is 11.9. The summed E-state index contributed by atoms with van der Waals surface area (Å²) < 4.78 is 0. The van der Waals surface area contributed by atoms with Crippen LogP contribution in [0.15, 0.2) is 4.99 Å². The number of guanidine groups is 1. The predicted octanol–water partition coefficient (Wildman–Crippen LogP) is 2.44. The Bertz CT molecular complexity index is 426. The Morgan fingerprint density at radius 3 is 2.31 bits per heavy atom. The number of aliphatic imine (C=N–C) groups is 1. The summed E-state index contributed by atoms with van der Waals surface area (Å²) in [6.07, 6.45) is 2.30. The third-order valence-electron chi connectivity index (χ3n) is 4.24. The molecule has 1 saturated heterocycles. The van der Waals surface area contributed by atoms with Crippen LogP contribution in [0.5, 0.6) is 0 Å². The Morgan fingerprint density at radius 2 is 1.81 bits per heavy atom. The summed E-state index contributed by atoms with van der Waals surface area (Å²) >= 11 is 0. The van der Waals surface area contributed by atoms with Gasteiger partial charge in [-0.25, -0.2) is 0 Å². The van der Waals surface area contributed by atoms with Crippen molar-refractivity contribution in [2.45, 2.75) is 60.4 Å². The van der Waals surface area contributed by atoms with Gasteiger partial charge in [0, 0.05) is 44.2 Å². The second-order valence-corrected chi connectivity index (χ2v) is 8.38. The first-order valence-electron chi connectivity index (χ1n) is 9.77. The molecule has 1 fully saturated rings. The highest BCUT2D eigenvalue weighted by Crippen LogP contribution is 2.12. The van der Waals surface area contributed by atoms with Crippen molar-refractivity contribution < 1.29 is 4.79 Å². The molecule has 6 nitrogen and oxygen atoms in total. The lowest BCUT2D eigenvalue weighted by Crippen LogP contribution is -2.49. The second-order valence-electron chi connectivity index (χ2n) is 8.38. The molecule has 0 aromatic heterocycles. The molecule has 0 aromatic carbocycles. The van der Waals surface area contributed by atoms with E-state index in [9.17, 15) is 4.79 Å². The van der Waals surface area contributed by atoms with Crippen molar-refractivity contribution in [3.05, 3.63) is 0 Å². The summed E-state index contributed by atoms with van der Waals surface area (Å²) in [5.74, 6) is 1.65. The number of piperidine rings is 1. The van der Waals surface area contributed by atoms with Crippen LogP contribution in [-0.2, 0) is 4.79 Å². The first-order valence-corrected chi connectivity index (χ1v) is 9.77. The van der Waals surface area contributed by atoms with Crippen molar-refractivity contribution in [3.8, 4) is 0 Å². The zero-order valence-corrected chi connectivity index (χ0v) is 19.9. The van der Waals surface area contributed by atoms with Gasteiger partial charge >= 0.3 is 0 Å². The number of amides is 1. The molecule has 0 aliphatic carbocycles. The number of likely N-dealkylation sites (tertiary alicyclic amines) is 1. The molecular weight excluding hydrogens is 441 g/mol. The number of hydrogen-bond acceptors (Lipinski definition) is 3. The Balaban J connectivity index is 0.00000625. The molecular formula is C19H40IN5O. The van der Waals surface area contributed by atoms with Crippen LogP contribution in [0.4, 0.5) is 0 Å². The molecule has 1 aliphatic rings. The predicted molar refractivity (Wildman–Crippen MR) is 121 cm³/mol. The minimum Gasteiger partial charge on any atom is -0.357 e. The van der Waals surface area contributed by atoms with Gasteiger partial charge in [0.2, 0.25) is 5.91 Å². The van der Waals surface area contributed by atoms with Crippen LogP contribution in [0.3, 0.4) is 0 Å². The van der Waals surface area contributed by atoms with E-state index in [4.69, 9.17) is 0 Å². The average molecular weight is 481 g/mol. The second kappa shape index (κ2) is 12.8. The van der Waals surface area contributed by atoms with Gasteiger partial charge in [-0.2, -0.15) is 0 Å². The maximum atomic E-state index is 11.9. The number of nitrogens with one attached hydrogen (secondary N) is 3. The molecule has 154 valence electrons. The highest BCUT2D eigenvalue weighted by atomic mass is 127. The molecule has 0 saturated carbocycles. The van der Waals surface area contributed by atoms with Gasteiger partial charge in [-0.05, 0) is 25.7 Å². The van der Waals surface area contributed by atoms with Gasteiger partial charge in [-0.15, -0.1) is 24.0 Å². The van der Waals surface area contributed by atoms with Crippen molar-refractivity contribution in [1.29, 1.82) is 0 Å². The third kappa shape index (κ3) is 10.5. The molecule has 0 unspecified atom stereocenters. The molecule has 0 atom stereocenters. The molecule has 1 amide bonds. The zero-order valence-electron chi connectivity index (χ0n) is 17.5. The van der Waals surface area contributed by atoms with E-state index in [-0.39, 0.29) is 35.3 Å². The van der Waals surface area contributed by atoms with Crippen molar-refractivity contribution in [2.24, 2.45) is 16.3 Å². The number of rotatable bonds is 7. The monoisotopic (exact) mass is 481 g/mol. The molecule has 1 rings (SSSR count). The van der Waals surface area contributed by atoms with Crippen molar-refractivity contribution in [2.75, 3.05) is 39.3 Å². The molecule has 26 heavy (non-hydrogen) atoms. The van der Waals surface area contributed by atoms with Crippen LogP contribution in [0.1, 0.15) is 54.4 Å². The van der Waals surface area contributed by atoms with Crippen LogP contribution < -0.4 is 16.0 Å². The molecule has 0 bridgehead atoms. The topological polar surface area (TPSA) is 68.8 Å². The minimum absolute atomic E-state index is 0. The number of halogens is 1. The van der Waals surface area contributed by atoms with Crippen LogP contribution in [-0.4, -0.2) is 62.1 Å². The molecule has 1 heterocycles. The summed E-state index contributed by atoms with van der Waals surface area (Å²) in [4.78, 5) is 19.0. The van der Waals surface area contributed by atoms with Gasteiger partial charge in [0.1, 0.15) is 0 Å². The Labute approximate surface area is 177 Å². The van der Waals surface area contributed by atoms with E-state index in [1.165, 1.54) is 6.54 Å². The Hall–Kier alpha value is -0.570. The van der Waals surface area contributed by atoms with Gasteiger partial charge in [0.05, 0.1) is 6.54 Å². The van der Waals surface area contributed by atoms with Gasteiger partial charge < -0.3 is 20.9 Å². The van der Waals surface area contributed by atoms with E-state index in [1.54, 1.807) is 0 Å². The zero-order chi connectivity index (χ0) is 18.9. The number of carbonyl (C=O) groups is 1. The van der Waals surface area contributed by atoms with E-state index in [0.717, 1.165) is 44.4 Å². The normalized spacial score (nSPS) is 17.0. The summed E-state index contributed by atoms with van der Waals surface area (Å²) in [5.41, 5.74) is -0.351. The number of nitrogens with zero attached hydrogens (tertiary/aromatic N) is 2. The van der Waals surface area contributed by atoms with Crippen molar-refractivity contribution in [1.82, 2.24) is 20.9 Å². The van der Waals surface area contributed by atoms with Crippen LogP contribution >= 0.6 is 24.0 Å². The van der Waals surface area contributed by atoms with Gasteiger partial charge in [-0.3, -0.25) is 9.79 Å². The third-order valence-corrected chi connectivity index (χ3v) is 4.24. The highest BCUT2D eigenvalue weighted by Gasteiger charge is 2.21. The van der Waals surface area contributed by atoms with E-state index in [0.29, 0.717) is 19.1 Å². The molecule has 7 heteroatoms. The molecule has 1 aliphatic heterocycles. The van der Waals surface area contributed by atoms with E-state index in [1.807, 2.05) is 20.8 Å². The lowest BCUT2D eigenvalue weighted by Gasteiger charge is -2.34. The fourth-order valence-corrected chi connectivity index (χ4v) is 2.89. The summed E-state index contributed by atoms with van der Waals surface area (Å²) in [6, 6.07) is 0.477. The summed E-state index contributed by atoms with van der Waals surface area (Å²) in [6.45, 7) is 17.9. The number of hydrogen-bond donors (Lipinski definition) is 3. The van der Waals surface area contributed by atoms with Crippen LogP contribution in [0.25, 0.3) is 0 Å². The summed E-state index contributed by atoms with van der Waals surface area (Å²) in [7, 11) is 0.